The van der Waals surface area contributed by atoms with Gasteiger partial charge in [0.25, 0.3) is 0 Å². The van der Waals surface area contributed by atoms with Crippen LogP contribution in [0.1, 0.15) is 16.7 Å². The summed E-state index contributed by atoms with van der Waals surface area (Å²) < 4.78 is 11.1. The minimum absolute atomic E-state index is 0. The van der Waals surface area contributed by atoms with Gasteiger partial charge in [-0.1, -0.05) is 24.0 Å². The average Bonchev–Trinajstić information content (AvgIpc) is 2.47. The van der Waals surface area contributed by atoms with Gasteiger partial charge in [0.15, 0.2) is 0 Å². The maximum atomic E-state index is 5.82. The molecule has 21 heavy (non-hydrogen) atoms. The van der Waals surface area contributed by atoms with Gasteiger partial charge in [0.1, 0.15) is 12.4 Å². The minimum Gasteiger partial charge on any atom is -0.480 e. The third-order valence-electron chi connectivity index (χ3n) is 3.69. The van der Waals surface area contributed by atoms with Crippen molar-refractivity contribution in [2.75, 3.05) is 39.5 Å². The van der Waals surface area contributed by atoms with E-state index in [-0.39, 0.29) is 12.4 Å². The SMILES string of the molecule is Cc1ccc(C)c(OCC#CCN2CCOCC2)c1C.Cl. The fourth-order valence-electron chi connectivity index (χ4n) is 2.23. The number of aryl methyl sites for hydroxylation is 2. The van der Waals surface area contributed by atoms with Gasteiger partial charge >= 0.3 is 0 Å². The summed E-state index contributed by atoms with van der Waals surface area (Å²) in [4.78, 5) is 2.31. The van der Waals surface area contributed by atoms with Gasteiger partial charge in [-0.15, -0.1) is 12.4 Å². The summed E-state index contributed by atoms with van der Waals surface area (Å²) >= 11 is 0. The first kappa shape index (κ1) is 17.8. The van der Waals surface area contributed by atoms with E-state index in [4.69, 9.17) is 9.47 Å². The molecule has 0 atom stereocenters. The molecule has 3 nitrogen and oxygen atoms in total. The van der Waals surface area contributed by atoms with Crippen LogP contribution in [0.5, 0.6) is 5.75 Å². The van der Waals surface area contributed by atoms with Crippen molar-refractivity contribution >= 4 is 12.4 Å². The molecule has 0 bridgehead atoms. The summed E-state index contributed by atoms with van der Waals surface area (Å²) in [5.74, 6) is 7.25. The van der Waals surface area contributed by atoms with Crippen LogP contribution in [-0.2, 0) is 4.74 Å². The van der Waals surface area contributed by atoms with Crippen molar-refractivity contribution in [2.24, 2.45) is 0 Å². The molecule has 0 aliphatic carbocycles. The Bertz CT molecular complexity index is 514. The second kappa shape index (κ2) is 8.94. The lowest BCUT2D eigenvalue weighted by atomic mass is 10.1. The van der Waals surface area contributed by atoms with Crippen LogP contribution in [-0.4, -0.2) is 44.4 Å². The lowest BCUT2D eigenvalue weighted by molar-refractivity contribution is 0.0443. The Morgan fingerprint density at radius 2 is 1.76 bits per heavy atom. The maximum absolute atomic E-state index is 5.82. The number of halogens is 1. The van der Waals surface area contributed by atoms with Gasteiger partial charge in [-0.05, 0) is 37.5 Å². The Balaban J connectivity index is 0.00000220. The van der Waals surface area contributed by atoms with Gasteiger partial charge in [-0.3, -0.25) is 4.90 Å². The molecule has 2 rings (SSSR count). The molecule has 1 aliphatic rings. The highest BCUT2D eigenvalue weighted by Crippen LogP contribution is 2.25. The quantitative estimate of drug-likeness (QED) is 0.801. The smallest absolute Gasteiger partial charge is 0.149 e. The molecule has 0 amide bonds. The van der Waals surface area contributed by atoms with E-state index >= 15 is 0 Å². The predicted molar refractivity (Wildman–Crippen MR) is 88.4 cm³/mol. The van der Waals surface area contributed by atoms with Crippen molar-refractivity contribution in [3.8, 4) is 17.6 Å². The molecule has 0 N–H and O–H groups in total. The van der Waals surface area contributed by atoms with Gasteiger partial charge in [-0.25, -0.2) is 0 Å². The number of benzene rings is 1. The molecule has 0 spiro atoms. The molecule has 0 saturated carbocycles. The van der Waals surface area contributed by atoms with Crippen LogP contribution in [0.4, 0.5) is 0 Å². The van der Waals surface area contributed by atoms with Crippen molar-refractivity contribution in [3.05, 3.63) is 28.8 Å². The molecule has 116 valence electrons. The molecule has 1 fully saturated rings. The van der Waals surface area contributed by atoms with Gasteiger partial charge < -0.3 is 9.47 Å². The zero-order valence-corrected chi connectivity index (χ0v) is 13.9. The van der Waals surface area contributed by atoms with E-state index in [0.717, 1.165) is 38.6 Å². The van der Waals surface area contributed by atoms with Gasteiger partial charge in [0.05, 0.1) is 19.8 Å². The molecule has 1 aromatic carbocycles. The Morgan fingerprint density at radius 3 is 2.48 bits per heavy atom. The normalized spacial score (nSPS) is 14.8. The third-order valence-corrected chi connectivity index (χ3v) is 3.69. The van der Waals surface area contributed by atoms with E-state index in [2.05, 4.69) is 49.6 Å². The van der Waals surface area contributed by atoms with E-state index in [1.807, 2.05) is 0 Å². The summed E-state index contributed by atoms with van der Waals surface area (Å²) in [6.07, 6.45) is 0. The first-order valence-electron chi connectivity index (χ1n) is 7.14. The maximum Gasteiger partial charge on any atom is 0.149 e. The summed E-state index contributed by atoms with van der Waals surface area (Å²) in [6, 6.07) is 4.22. The van der Waals surface area contributed by atoms with Crippen LogP contribution in [0.25, 0.3) is 0 Å². The van der Waals surface area contributed by atoms with Crippen LogP contribution in [0.3, 0.4) is 0 Å². The van der Waals surface area contributed by atoms with Crippen molar-refractivity contribution < 1.29 is 9.47 Å². The second-order valence-electron chi connectivity index (χ2n) is 5.18. The highest BCUT2D eigenvalue weighted by Gasteiger charge is 2.08. The van der Waals surface area contributed by atoms with Crippen molar-refractivity contribution in [1.29, 1.82) is 0 Å². The van der Waals surface area contributed by atoms with E-state index in [1.165, 1.54) is 16.7 Å². The fourth-order valence-corrected chi connectivity index (χ4v) is 2.23. The molecule has 0 radical (unpaired) electrons. The van der Waals surface area contributed by atoms with Gasteiger partial charge in [-0.2, -0.15) is 0 Å². The monoisotopic (exact) mass is 309 g/mol. The topological polar surface area (TPSA) is 21.7 Å². The summed E-state index contributed by atoms with van der Waals surface area (Å²) in [5.41, 5.74) is 3.63. The summed E-state index contributed by atoms with van der Waals surface area (Å²) in [6.45, 7) is 11.1. The lowest BCUT2D eigenvalue weighted by Crippen LogP contribution is -2.36. The van der Waals surface area contributed by atoms with E-state index in [0.29, 0.717) is 6.61 Å². The number of rotatable bonds is 3. The summed E-state index contributed by atoms with van der Waals surface area (Å²) in [7, 11) is 0. The highest BCUT2D eigenvalue weighted by atomic mass is 35.5. The predicted octanol–water partition coefficient (Wildman–Crippen LogP) is 2.75. The number of nitrogens with zero attached hydrogens (tertiary/aromatic N) is 1. The molecular weight excluding hydrogens is 286 g/mol. The van der Waals surface area contributed by atoms with E-state index in [1.54, 1.807) is 0 Å². The third kappa shape index (κ3) is 5.24. The average molecular weight is 310 g/mol. The number of ether oxygens (including phenoxy) is 2. The molecule has 1 aromatic rings. The fraction of sp³-hybridized carbons (Fsp3) is 0.529. The van der Waals surface area contributed by atoms with Crippen molar-refractivity contribution in [3.63, 3.8) is 0 Å². The standard InChI is InChI=1S/C17H23NO2.ClH/c1-14-6-7-15(2)17(16(14)3)20-11-5-4-8-18-9-12-19-13-10-18;/h6-7H,8-13H2,1-3H3;1H. The van der Waals surface area contributed by atoms with Crippen LogP contribution in [0.15, 0.2) is 12.1 Å². The Hall–Kier alpha value is -1.21. The highest BCUT2D eigenvalue weighted by molar-refractivity contribution is 5.85. The molecule has 0 aromatic heterocycles. The van der Waals surface area contributed by atoms with Gasteiger partial charge in [0, 0.05) is 13.1 Å². The second-order valence-corrected chi connectivity index (χ2v) is 5.18. The zero-order chi connectivity index (χ0) is 14.4. The largest absolute Gasteiger partial charge is 0.480 e. The lowest BCUT2D eigenvalue weighted by Gasteiger charge is -2.24. The number of hydrogen-bond acceptors (Lipinski definition) is 3. The Labute approximate surface area is 134 Å². The molecule has 1 heterocycles. The van der Waals surface area contributed by atoms with Crippen LogP contribution >= 0.6 is 12.4 Å². The van der Waals surface area contributed by atoms with Crippen LogP contribution in [0, 0.1) is 32.6 Å². The first-order valence-corrected chi connectivity index (χ1v) is 7.14. The van der Waals surface area contributed by atoms with Crippen molar-refractivity contribution in [1.82, 2.24) is 4.90 Å². The Kier molecular flexibility index (Phi) is 7.60. The molecule has 1 saturated heterocycles. The molecule has 0 unspecified atom stereocenters. The minimum atomic E-state index is 0. The molecule has 4 heteroatoms. The first-order chi connectivity index (χ1) is 9.68. The molecular formula is C17H24ClNO2. The van der Waals surface area contributed by atoms with E-state index in [9.17, 15) is 0 Å². The Morgan fingerprint density at radius 1 is 1.10 bits per heavy atom. The van der Waals surface area contributed by atoms with Crippen molar-refractivity contribution in [2.45, 2.75) is 20.8 Å². The van der Waals surface area contributed by atoms with Crippen LogP contribution < -0.4 is 4.74 Å². The molecule has 1 aliphatic heterocycles. The summed E-state index contributed by atoms with van der Waals surface area (Å²) in [5, 5.41) is 0. The van der Waals surface area contributed by atoms with Gasteiger partial charge in [0.2, 0.25) is 0 Å². The number of morpholine rings is 1. The number of hydrogen-bond donors (Lipinski definition) is 0. The van der Waals surface area contributed by atoms with Crippen LogP contribution in [0.2, 0.25) is 0 Å². The zero-order valence-electron chi connectivity index (χ0n) is 13.1. The van der Waals surface area contributed by atoms with E-state index < -0.39 is 0 Å².